The van der Waals surface area contributed by atoms with Crippen molar-refractivity contribution in [2.24, 2.45) is 0 Å². The summed E-state index contributed by atoms with van der Waals surface area (Å²) in [6, 6.07) is 2.10. The summed E-state index contributed by atoms with van der Waals surface area (Å²) in [5, 5.41) is 9.79. The Morgan fingerprint density at radius 1 is 1.19 bits per heavy atom. The molecule has 2 aromatic rings. The first-order valence-electron chi connectivity index (χ1n) is 7.39. The minimum atomic E-state index is 0.138. The molecule has 1 atom stereocenters. The molecule has 2 heterocycles. The molecule has 2 aromatic heterocycles. The third kappa shape index (κ3) is 4.39. The molecule has 21 heavy (non-hydrogen) atoms. The zero-order chi connectivity index (χ0) is 15.2. The van der Waals surface area contributed by atoms with Crippen LogP contribution in [0, 0.1) is 0 Å². The third-order valence-corrected chi connectivity index (χ3v) is 3.96. The van der Waals surface area contributed by atoms with E-state index in [1.807, 2.05) is 17.6 Å². The predicted octanol–water partition coefficient (Wildman–Crippen LogP) is 4.05. The fourth-order valence-corrected chi connectivity index (χ4v) is 2.52. The van der Waals surface area contributed by atoms with Crippen LogP contribution < -0.4 is 10.6 Å². The normalized spacial score (nSPS) is 12.4. The van der Waals surface area contributed by atoms with Crippen LogP contribution in [-0.2, 0) is 0 Å². The first-order chi connectivity index (χ1) is 10.1. The van der Waals surface area contributed by atoms with Gasteiger partial charge in [-0.2, -0.15) is 0 Å². The van der Waals surface area contributed by atoms with E-state index in [-0.39, 0.29) is 6.04 Å². The molecule has 5 nitrogen and oxygen atoms in total. The van der Waals surface area contributed by atoms with Crippen molar-refractivity contribution >= 4 is 23.0 Å². The van der Waals surface area contributed by atoms with E-state index in [1.54, 1.807) is 11.3 Å². The largest absolute Gasteiger partial charge is 0.370 e. The van der Waals surface area contributed by atoms with Crippen LogP contribution in [0.25, 0.3) is 0 Å². The number of aromatic nitrogens is 3. The lowest BCUT2D eigenvalue weighted by atomic mass is 10.2. The molecule has 0 bridgehead atoms. The lowest BCUT2D eigenvalue weighted by Gasteiger charge is -2.15. The number of nitrogens with zero attached hydrogens (tertiary/aromatic N) is 3. The number of thiazole rings is 1. The molecule has 1 unspecified atom stereocenters. The van der Waals surface area contributed by atoms with Gasteiger partial charge in [-0.15, -0.1) is 11.3 Å². The van der Waals surface area contributed by atoms with Crippen LogP contribution in [-0.4, -0.2) is 21.5 Å². The quantitative estimate of drug-likeness (QED) is 0.808. The highest BCUT2D eigenvalue weighted by molar-refractivity contribution is 7.09. The van der Waals surface area contributed by atoms with E-state index < -0.39 is 0 Å². The zero-order valence-electron chi connectivity index (χ0n) is 13.1. The highest BCUT2D eigenvalue weighted by Gasteiger charge is 2.12. The Morgan fingerprint density at radius 3 is 2.57 bits per heavy atom. The highest BCUT2D eigenvalue weighted by Crippen LogP contribution is 2.22. The standard InChI is InChI=1S/C15H23N5S/c1-5-6-16-12-9-13(20-14(19-12)10(2)3)18-11(4)15-17-7-8-21-15/h7-11H,5-6H2,1-4H3,(H2,16,18,19,20). The minimum absolute atomic E-state index is 0.138. The molecular weight excluding hydrogens is 282 g/mol. The molecule has 114 valence electrons. The van der Waals surface area contributed by atoms with Gasteiger partial charge in [0.2, 0.25) is 0 Å². The number of nitrogens with one attached hydrogen (secondary N) is 2. The van der Waals surface area contributed by atoms with Gasteiger partial charge in [0.05, 0.1) is 6.04 Å². The molecular formula is C15H23N5S. The maximum absolute atomic E-state index is 4.61. The van der Waals surface area contributed by atoms with Crippen LogP contribution in [0.15, 0.2) is 17.6 Å². The summed E-state index contributed by atoms with van der Waals surface area (Å²) in [6.45, 7) is 9.35. The first-order valence-corrected chi connectivity index (χ1v) is 8.27. The lowest BCUT2D eigenvalue weighted by molar-refractivity contribution is 0.767. The molecule has 0 radical (unpaired) electrons. The summed E-state index contributed by atoms with van der Waals surface area (Å²) in [5.74, 6) is 2.87. The second kappa shape index (κ2) is 7.36. The van der Waals surface area contributed by atoms with Crippen LogP contribution in [0.4, 0.5) is 11.6 Å². The second-order valence-corrected chi connectivity index (χ2v) is 6.24. The second-order valence-electron chi connectivity index (χ2n) is 5.31. The molecule has 0 aliphatic carbocycles. The molecule has 0 fully saturated rings. The van der Waals surface area contributed by atoms with Crippen LogP contribution >= 0.6 is 11.3 Å². The van der Waals surface area contributed by atoms with Gasteiger partial charge in [-0.25, -0.2) is 15.0 Å². The van der Waals surface area contributed by atoms with Gasteiger partial charge in [0, 0.05) is 30.1 Å². The molecule has 0 amide bonds. The number of hydrogen-bond donors (Lipinski definition) is 2. The van der Waals surface area contributed by atoms with Crippen molar-refractivity contribution in [1.82, 2.24) is 15.0 Å². The van der Waals surface area contributed by atoms with Crippen molar-refractivity contribution in [2.45, 2.75) is 46.1 Å². The van der Waals surface area contributed by atoms with Gasteiger partial charge >= 0.3 is 0 Å². The fraction of sp³-hybridized carbons (Fsp3) is 0.533. The van der Waals surface area contributed by atoms with E-state index in [9.17, 15) is 0 Å². The Balaban J connectivity index is 2.18. The molecule has 0 spiro atoms. The number of hydrogen-bond acceptors (Lipinski definition) is 6. The third-order valence-electron chi connectivity index (χ3n) is 3.00. The van der Waals surface area contributed by atoms with Crippen molar-refractivity contribution < 1.29 is 0 Å². The molecule has 6 heteroatoms. The Bertz CT molecular complexity index is 553. The molecule has 2 N–H and O–H groups in total. The summed E-state index contributed by atoms with van der Waals surface area (Å²) >= 11 is 1.65. The monoisotopic (exact) mass is 305 g/mol. The maximum atomic E-state index is 4.61. The average molecular weight is 305 g/mol. The van der Waals surface area contributed by atoms with Crippen molar-refractivity contribution in [3.63, 3.8) is 0 Å². The topological polar surface area (TPSA) is 62.7 Å². The van der Waals surface area contributed by atoms with Crippen LogP contribution in [0.2, 0.25) is 0 Å². The smallest absolute Gasteiger partial charge is 0.135 e. The Labute approximate surface area is 130 Å². The molecule has 0 aromatic carbocycles. The van der Waals surface area contributed by atoms with Crippen LogP contribution in [0.5, 0.6) is 0 Å². The Hall–Kier alpha value is -1.69. The number of rotatable bonds is 7. The van der Waals surface area contributed by atoms with E-state index in [0.29, 0.717) is 5.92 Å². The van der Waals surface area contributed by atoms with E-state index in [4.69, 9.17) is 0 Å². The summed E-state index contributed by atoms with van der Waals surface area (Å²) in [5.41, 5.74) is 0. The molecule has 0 saturated carbocycles. The fourth-order valence-electron chi connectivity index (χ4n) is 1.87. The minimum Gasteiger partial charge on any atom is -0.370 e. The molecule has 2 rings (SSSR count). The van der Waals surface area contributed by atoms with Gasteiger partial charge in [0.15, 0.2) is 0 Å². The van der Waals surface area contributed by atoms with Gasteiger partial charge in [-0.05, 0) is 13.3 Å². The van der Waals surface area contributed by atoms with Gasteiger partial charge in [-0.3, -0.25) is 0 Å². The van der Waals surface area contributed by atoms with Crippen LogP contribution in [0.1, 0.15) is 56.9 Å². The van der Waals surface area contributed by atoms with Crippen LogP contribution in [0.3, 0.4) is 0 Å². The molecule has 0 aliphatic rings. The molecule has 0 aliphatic heterocycles. The predicted molar refractivity (Wildman–Crippen MR) is 89.1 cm³/mol. The average Bonchev–Trinajstić information content (AvgIpc) is 2.99. The van der Waals surface area contributed by atoms with Crippen molar-refractivity contribution in [3.8, 4) is 0 Å². The lowest BCUT2D eigenvalue weighted by Crippen LogP contribution is -2.12. The van der Waals surface area contributed by atoms with Gasteiger partial charge in [0.25, 0.3) is 0 Å². The molecule has 0 saturated heterocycles. The van der Waals surface area contributed by atoms with Gasteiger partial charge < -0.3 is 10.6 Å². The maximum Gasteiger partial charge on any atom is 0.135 e. The van der Waals surface area contributed by atoms with Gasteiger partial charge in [0.1, 0.15) is 22.5 Å². The van der Waals surface area contributed by atoms with E-state index in [2.05, 4.69) is 53.3 Å². The Morgan fingerprint density at radius 2 is 1.95 bits per heavy atom. The van der Waals surface area contributed by atoms with E-state index in [1.165, 1.54) is 0 Å². The van der Waals surface area contributed by atoms with Crippen molar-refractivity contribution in [1.29, 1.82) is 0 Å². The summed E-state index contributed by atoms with van der Waals surface area (Å²) in [4.78, 5) is 13.5. The highest BCUT2D eigenvalue weighted by atomic mass is 32.1. The van der Waals surface area contributed by atoms with Crippen molar-refractivity contribution in [3.05, 3.63) is 28.5 Å². The van der Waals surface area contributed by atoms with E-state index >= 15 is 0 Å². The van der Waals surface area contributed by atoms with Crippen molar-refractivity contribution in [2.75, 3.05) is 17.2 Å². The first kappa shape index (κ1) is 15.7. The summed E-state index contributed by atoms with van der Waals surface area (Å²) in [7, 11) is 0. The Kier molecular flexibility index (Phi) is 5.50. The summed E-state index contributed by atoms with van der Waals surface area (Å²) in [6.07, 6.45) is 2.89. The SMILES string of the molecule is CCCNc1cc(NC(C)c2nccs2)nc(C(C)C)n1. The summed E-state index contributed by atoms with van der Waals surface area (Å²) < 4.78 is 0. The van der Waals surface area contributed by atoms with E-state index in [0.717, 1.165) is 35.4 Å². The van der Waals surface area contributed by atoms with Gasteiger partial charge in [-0.1, -0.05) is 20.8 Å². The zero-order valence-corrected chi connectivity index (χ0v) is 13.9. The number of anilines is 2.